The molecule has 1 unspecified atom stereocenters. The molecule has 1 aliphatic rings. The quantitative estimate of drug-likeness (QED) is 0.940. The van der Waals surface area contributed by atoms with Gasteiger partial charge in [0.25, 0.3) is 5.91 Å². The molecule has 0 saturated carbocycles. The van der Waals surface area contributed by atoms with Crippen molar-refractivity contribution in [3.63, 3.8) is 0 Å². The van der Waals surface area contributed by atoms with E-state index in [0.29, 0.717) is 6.54 Å². The fourth-order valence-corrected chi connectivity index (χ4v) is 2.74. The number of carbonyl (C=O) groups excluding carboxylic acids is 1. The van der Waals surface area contributed by atoms with E-state index in [1.807, 2.05) is 42.5 Å². The normalized spacial score (nSPS) is 17.7. The van der Waals surface area contributed by atoms with Crippen LogP contribution in [0.15, 0.2) is 53.0 Å². The van der Waals surface area contributed by atoms with Crippen LogP contribution in [0.25, 0.3) is 6.08 Å². The standard InChI is InChI=1S/C18H17NO4/c20-17(15-10-11-16(23-15)18(21)22)19-12-4-7-14(19)9-8-13-5-2-1-3-6-13/h1-3,5-6,8-11,14H,4,7,12H2,(H,21,22). The Morgan fingerprint density at radius 1 is 1.13 bits per heavy atom. The first kappa shape index (κ1) is 15.1. The summed E-state index contributed by atoms with van der Waals surface area (Å²) < 4.78 is 5.12. The summed E-state index contributed by atoms with van der Waals surface area (Å²) in [6, 6.07) is 12.6. The van der Waals surface area contributed by atoms with E-state index in [4.69, 9.17) is 9.52 Å². The molecule has 0 spiro atoms. The highest BCUT2D eigenvalue weighted by Crippen LogP contribution is 2.23. The van der Waals surface area contributed by atoms with Gasteiger partial charge in [-0.25, -0.2) is 4.79 Å². The number of hydrogen-bond donors (Lipinski definition) is 1. The molecule has 1 fully saturated rings. The number of amides is 1. The Bertz CT molecular complexity index is 732. The first-order chi connectivity index (χ1) is 11.1. The first-order valence-electron chi connectivity index (χ1n) is 7.52. The predicted molar refractivity (Wildman–Crippen MR) is 85.2 cm³/mol. The molecule has 1 saturated heterocycles. The number of rotatable bonds is 4. The number of nitrogens with zero attached hydrogens (tertiary/aromatic N) is 1. The second-order valence-corrected chi connectivity index (χ2v) is 5.45. The highest BCUT2D eigenvalue weighted by molar-refractivity contribution is 5.94. The molecule has 1 aromatic heterocycles. The van der Waals surface area contributed by atoms with Crippen LogP contribution in [-0.4, -0.2) is 34.5 Å². The predicted octanol–water partition coefficient (Wildman–Crippen LogP) is 3.30. The molecule has 5 nitrogen and oxygen atoms in total. The Kier molecular flexibility index (Phi) is 4.28. The van der Waals surface area contributed by atoms with Gasteiger partial charge in [-0.2, -0.15) is 0 Å². The fraction of sp³-hybridized carbons (Fsp3) is 0.222. The highest BCUT2D eigenvalue weighted by Gasteiger charge is 2.29. The number of carbonyl (C=O) groups is 2. The zero-order valence-corrected chi connectivity index (χ0v) is 12.5. The molecule has 1 atom stereocenters. The lowest BCUT2D eigenvalue weighted by Gasteiger charge is -2.21. The second-order valence-electron chi connectivity index (χ2n) is 5.45. The minimum Gasteiger partial charge on any atom is -0.475 e. The van der Waals surface area contributed by atoms with Crippen molar-refractivity contribution in [2.45, 2.75) is 18.9 Å². The van der Waals surface area contributed by atoms with Crippen molar-refractivity contribution < 1.29 is 19.1 Å². The van der Waals surface area contributed by atoms with Crippen LogP contribution in [0.4, 0.5) is 0 Å². The van der Waals surface area contributed by atoms with Crippen molar-refractivity contribution in [2.24, 2.45) is 0 Å². The summed E-state index contributed by atoms with van der Waals surface area (Å²) in [5.74, 6) is -1.59. The third-order valence-electron chi connectivity index (χ3n) is 3.90. The monoisotopic (exact) mass is 311 g/mol. The lowest BCUT2D eigenvalue weighted by molar-refractivity contribution is 0.0650. The van der Waals surface area contributed by atoms with Gasteiger partial charge in [0, 0.05) is 6.54 Å². The van der Waals surface area contributed by atoms with Gasteiger partial charge in [0.2, 0.25) is 5.76 Å². The van der Waals surface area contributed by atoms with Crippen molar-refractivity contribution >= 4 is 18.0 Å². The van der Waals surface area contributed by atoms with Crippen LogP contribution in [0.1, 0.15) is 39.5 Å². The number of carboxylic acid groups (broad SMARTS) is 1. The van der Waals surface area contributed by atoms with E-state index >= 15 is 0 Å². The zero-order chi connectivity index (χ0) is 16.2. The maximum absolute atomic E-state index is 12.5. The van der Waals surface area contributed by atoms with Crippen LogP contribution in [-0.2, 0) is 0 Å². The number of aromatic carboxylic acids is 1. The van der Waals surface area contributed by atoms with Gasteiger partial charge in [-0.05, 0) is 30.5 Å². The number of furan rings is 1. The molecule has 118 valence electrons. The van der Waals surface area contributed by atoms with E-state index < -0.39 is 5.97 Å². The Morgan fingerprint density at radius 3 is 2.57 bits per heavy atom. The maximum Gasteiger partial charge on any atom is 0.371 e. The zero-order valence-electron chi connectivity index (χ0n) is 12.5. The van der Waals surface area contributed by atoms with Crippen molar-refractivity contribution in [2.75, 3.05) is 6.54 Å². The smallest absolute Gasteiger partial charge is 0.371 e. The minimum atomic E-state index is -1.18. The fourth-order valence-electron chi connectivity index (χ4n) is 2.74. The van der Waals surface area contributed by atoms with Gasteiger partial charge in [-0.1, -0.05) is 42.5 Å². The molecule has 0 radical (unpaired) electrons. The highest BCUT2D eigenvalue weighted by atomic mass is 16.4. The van der Waals surface area contributed by atoms with Gasteiger partial charge in [0.05, 0.1) is 6.04 Å². The van der Waals surface area contributed by atoms with Crippen LogP contribution < -0.4 is 0 Å². The number of likely N-dealkylation sites (tertiary alicyclic amines) is 1. The molecule has 2 aromatic rings. The van der Waals surface area contributed by atoms with Gasteiger partial charge < -0.3 is 14.4 Å². The second kappa shape index (κ2) is 6.52. The Balaban J connectivity index is 1.74. The maximum atomic E-state index is 12.5. The molecule has 1 aliphatic heterocycles. The van der Waals surface area contributed by atoms with E-state index in [9.17, 15) is 9.59 Å². The number of hydrogen-bond acceptors (Lipinski definition) is 3. The summed E-state index contributed by atoms with van der Waals surface area (Å²) in [6.07, 6.45) is 5.83. The number of carboxylic acids is 1. The number of benzene rings is 1. The molecule has 3 rings (SSSR count). The van der Waals surface area contributed by atoms with E-state index in [0.717, 1.165) is 18.4 Å². The van der Waals surface area contributed by atoms with Crippen LogP contribution in [0.2, 0.25) is 0 Å². The van der Waals surface area contributed by atoms with Crippen LogP contribution in [0, 0.1) is 0 Å². The van der Waals surface area contributed by atoms with E-state index in [1.54, 1.807) is 4.90 Å². The van der Waals surface area contributed by atoms with E-state index in [-0.39, 0.29) is 23.5 Å². The molecule has 1 aromatic carbocycles. The van der Waals surface area contributed by atoms with E-state index in [2.05, 4.69) is 0 Å². The van der Waals surface area contributed by atoms with Crippen LogP contribution in [0.3, 0.4) is 0 Å². The lowest BCUT2D eigenvalue weighted by atomic mass is 10.1. The van der Waals surface area contributed by atoms with Crippen molar-refractivity contribution in [3.8, 4) is 0 Å². The van der Waals surface area contributed by atoms with Gasteiger partial charge >= 0.3 is 5.97 Å². The van der Waals surface area contributed by atoms with Crippen molar-refractivity contribution in [1.82, 2.24) is 4.90 Å². The van der Waals surface area contributed by atoms with E-state index in [1.165, 1.54) is 12.1 Å². The molecule has 5 heteroatoms. The third kappa shape index (κ3) is 3.34. The average molecular weight is 311 g/mol. The Labute approximate surface area is 133 Å². The molecule has 1 N–H and O–H groups in total. The SMILES string of the molecule is O=C(O)c1ccc(C(=O)N2CCCC2C=Cc2ccccc2)o1. The summed E-state index contributed by atoms with van der Waals surface area (Å²) in [5.41, 5.74) is 1.08. The molecule has 1 amide bonds. The minimum absolute atomic E-state index is 0.00100. The summed E-state index contributed by atoms with van der Waals surface area (Å²) in [5, 5.41) is 8.88. The van der Waals surface area contributed by atoms with Crippen LogP contribution in [0.5, 0.6) is 0 Å². The van der Waals surface area contributed by atoms with Crippen molar-refractivity contribution in [1.29, 1.82) is 0 Å². The lowest BCUT2D eigenvalue weighted by Crippen LogP contribution is -2.34. The summed E-state index contributed by atoms with van der Waals surface area (Å²) in [4.78, 5) is 25.1. The Morgan fingerprint density at radius 2 is 1.87 bits per heavy atom. The largest absolute Gasteiger partial charge is 0.475 e. The molecule has 0 aliphatic carbocycles. The molecule has 0 bridgehead atoms. The molecular formula is C18H17NO4. The van der Waals surface area contributed by atoms with Gasteiger partial charge in [-0.3, -0.25) is 4.79 Å². The van der Waals surface area contributed by atoms with Crippen molar-refractivity contribution in [3.05, 3.63) is 65.6 Å². The summed E-state index contributed by atoms with van der Waals surface area (Å²) in [6.45, 7) is 0.645. The molecule has 23 heavy (non-hydrogen) atoms. The molecule has 2 heterocycles. The Hall–Kier alpha value is -2.82. The molecular weight excluding hydrogens is 294 g/mol. The van der Waals surface area contributed by atoms with Gasteiger partial charge in [-0.15, -0.1) is 0 Å². The average Bonchev–Trinajstić information content (AvgIpc) is 3.22. The van der Waals surface area contributed by atoms with Gasteiger partial charge in [0.15, 0.2) is 5.76 Å². The first-order valence-corrected chi connectivity index (χ1v) is 7.52. The van der Waals surface area contributed by atoms with Crippen LogP contribution >= 0.6 is 0 Å². The summed E-state index contributed by atoms with van der Waals surface area (Å²) in [7, 11) is 0. The third-order valence-corrected chi connectivity index (χ3v) is 3.90. The van der Waals surface area contributed by atoms with Gasteiger partial charge in [0.1, 0.15) is 0 Å². The summed E-state index contributed by atoms with van der Waals surface area (Å²) >= 11 is 0. The topological polar surface area (TPSA) is 70.8 Å².